The quantitative estimate of drug-likeness (QED) is 0.782. The molecule has 0 aromatic heterocycles. The summed E-state index contributed by atoms with van der Waals surface area (Å²) in [5, 5.41) is 11.8. The number of aryl methyl sites for hydroxylation is 1. The number of rotatable bonds is 7. The van der Waals surface area contributed by atoms with Crippen LogP contribution >= 0.6 is 0 Å². The van der Waals surface area contributed by atoms with Crippen molar-refractivity contribution in [1.29, 1.82) is 0 Å². The maximum atomic E-state index is 13.0. The van der Waals surface area contributed by atoms with Crippen LogP contribution in [0.15, 0.2) is 18.2 Å². The van der Waals surface area contributed by atoms with E-state index >= 15 is 0 Å². The summed E-state index contributed by atoms with van der Waals surface area (Å²) in [6, 6.07) is 3.66. The molecule has 100 valence electrons. The van der Waals surface area contributed by atoms with Gasteiger partial charge in [0.25, 0.3) is 0 Å². The fourth-order valence-corrected chi connectivity index (χ4v) is 1.58. The van der Waals surface area contributed by atoms with Gasteiger partial charge in [-0.25, -0.2) is 4.39 Å². The highest BCUT2D eigenvalue weighted by molar-refractivity contribution is 5.73. The topological polar surface area (TPSA) is 58.6 Å². The standard InChI is InChI=1S/C13H18FNO3/c1-3-15-11(13(16)17)6-7-18-12-8-10(14)5-4-9(12)2/h4-5,8,11,15H,3,6-7H2,1-2H3,(H,16,17). The lowest BCUT2D eigenvalue weighted by Crippen LogP contribution is -2.37. The number of hydrogen-bond acceptors (Lipinski definition) is 3. The Kier molecular flexibility index (Phi) is 5.58. The predicted molar refractivity (Wildman–Crippen MR) is 66.3 cm³/mol. The molecule has 4 nitrogen and oxygen atoms in total. The highest BCUT2D eigenvalue weighted by Gasteiger charge is 2.15. The van der Waals surface area contributed by atoms with E-state index in [-0.39, 0.29) is 12.4 Å². The molecule has 0 amide bonds. The second-order valence-corrected chi connectivity index (χ2v) is 4.00. The van der Waals surface area contributed by atoms with Gasteiger partial charge >= 0.3 is 5.97 Å². The summed E-state index contributed by atoms with van der Waals surface area (Å²) in [6.07, 6.45) is 0.332. The number of likely N-dealkylation sites (N-methyl/N-ethyl adjacent to an activating group) is 1. The van der Waals surface area contributed by atoms with Crippen LogP contribution in [0.3, 0.4) is 0 Å². The van der Waals surface area contributed by atoms with Crippen LogP contribution in [0.1, 0.15) is 18.9 Å². The number of carbonyl (C=O) groups is 1. The SMILES string of the molecule is CCNC(CCOc1cc(F)ccc1C)C(=O)O. The third kappa shape index (κ3) is 4.33. The van der Waals surface area contributed by atoms with Gasteiger partial charge < -0.3 is 15.2 Å². The molecule has 0 aliphatic carbocycles. The molecule has 0 radical (unpaired) electrons. The van der Waals surface area contributed by atoms with Crippen molar-refractivity contribution in [2.24, 2.45) is 0 Å². The van der Waals surface area contributed by atoms with Gasteiger partial charge in [0, 0.05) is 12.5 Å². The minimum Gasteiger partial charge on any atom is -0.493 e. The Labute approximate surface area is 106 Å². The first kappa shape index (κ1) is 14.4. The number of carboxylic acids is 1. The number of benzene rings is 1. The van der Waals surface area contributed by atoms with Crippen LogP contribution in [0.25, 0.3) is 0 Å². The van der Waals surface area contributed by atoms with Gasteiger partial charge in [-0.15, -0.1) is 0 Å². The molecule has 2 N–H and O–H groups in total. The van der Waals surface area contributed by atoms with Crippen LogP contribution in [-0.4, -0.2) is 30.3 Å². The van der Waals surface area contributed by atoms with Crippen molar-refractivity contribution in [2.75, 3.05) is 13.2 Å². The largest absolute Gasteiger partial charge is 0.493 e. The van der Waals surface area contributed by atoms with E-state index in [0.717, 1.165) is 5.56 Å². The van der Waals surface area contributed by atoms with Gasteiger partial charge in [-0.3, -0.25) is 4.79 Å². The van der Waals surface area contributed by atoms with Crippen molar-refractivity contribution >= 4 is 5.97 Å². The number of halogens is 1. The molecule has 0 saturated carbocycles. The minimum atomic E-state index is -0.906. The second kappa shape index (κ2) is 6.96. The first-order chi connectivity index (χ1) is 8.54. The van der Waals surface area contributed by atoms with E-state index in [0.29, 0.717) is 18.7 Å². The van der Waals surface area contributed by atoms with E-state index < -0.39 is 12.0 Å². The summed E-state index contributed by atoms with van der Waals surface area (Å²) in [4.78, 5) is 10.9. The van der Waals surface area contributed by atoms with Gasteiger partial charge in [0.15, 0.2) is 0 Å². The third-order valence-corrected chi connectivity index (χ3v) is 2.56. The second-order valence-electron chi connectivity index (χ2n) is 4.00. The third-order valence-electron chi connectivity index (χ3n) is 2.56. The van der Waals surface area contributed by atoms with Crippen molar-refractivity contribution in [1.82, 2.24) is 5.32 Å². The number of aliphatic carboxylic acids is 1. The minimum absolute atomic E-state index is 0.230. The molecule has 1 rings (SSSR count). The van der Waals surface area contributed by atoms with Crippen molar-refractivity contribution in [3.05, 3.63) is 29.6 Å². The molecular formula is C13H18FNO3. The van der Waals surface area contributed by atoms with Crippen molar-refractivity contribution < 1.29 is 19.0 Å². The maximum absolute atomic E-state index is 13.0. The van der Waals surface area contributed by atoms with Crippen LogP contribution in [-0.2, 0) is 4.79 Å². The van der Waals surface area contributed by atoms with Crippen molar-refractivity contribution in [3.8, 4) is 5.75 Å². The zero-order valence-electron chi connectivity index (χ0n) is 10.6. The van der Waals surface area contributed by atoms with E-state index in [2.05, 4.69) is 5.32 Å². The van der Waals surface area contributed by atoms with E-state index in [1.165, 1.54) is 12.1 Å². The van der Waals surface area contributed by atoms with Gasteiger partial charge in [-0.1, -0.05) is 13.0 Å². The summed E-state index contributed by atoms with van der Waals surface area (Å²) in [5.41, 5.74) is 0.826. The smallest absolute Gasteiger partial charge is 0.320 e. The zero-order chi connectivity index (χ0) is 13.5. The van der Waals surface area contributed by atoms with Gasteiger partial charge in [0.05, 0.1) is 6.61 Å². The van der Waals surface area contributed by atoms with Crippen LogP contribution in [0.5, 0.6) is 5.75 Å². The molecule has 5 heteroatoms. The molecule has 0 spiro atoms. The van der Waals surface area contributed by atoms with Gasteiger partial charge in [0.2, 0.25) is 0 Å². The summed E-state index contributed by atoms with van der Waals surface area (Å²) in [6.45, 7) is 4.46. The average molecular weight is 255 g/mol. The van der Waals surface area contributed by atoms with Gasteiger partial charge in [-0.05, 0) is 25.1 Å². The molecule has 1 aromatic rings. The van der Waals surface area contributed by atoms with Crippen molar-refractivity contribution in [2.45, 2.75) is 26.3 Å². The fraction of sp³-hybridized carbons (Fsp3) is 0.462. The maximum Gasteiger partial charge on any atom is 0.320 e. The van der Waals surface area contributed by atoms with E-state index in [1.54, 1.807) is 6.07 Å². The van der Waals surface area contributed by atoms with Crippen LogP contribution in [0.4, 0.5) is 4.39 Å². The van der Waals surface area contributed by atoms with E-state index in [9.17, 15) is 9.18 Å². The van der Waals surface area contributed by atoms with E-state index in [1.807, 2.05) is 13.8 Å². The molecule has 0 saturated heterocycles. The number of ether oxygens (including phenoxy) is 1. The fourth-order valence-electron chi connectivity index (χ4n) is 1.58. The molecule has 0 aliphatic heterocycles. The molecule has 18 heavy (non-hydrogen) atoms. The van der Waals surface area contributed by atoms with E-state index in [4.69, 9.17) is 9.84 Å². The molecule has 0 fully saturated rings. The molecule has 0 bridgehead atoms. The molecule has 1 atom stereocenters. The zero-order valence-corrected chi connectivity index (χ0v) is 10.6. The Morgan fingerprint density at radius 1 is 1.56 bits per heavy atom. The highest BCUT2D eigenvalue weighted by Crippen LogP contribution is 2.18. The highest BCUT2D eigenvalue weighted by atomic mass is 19.1. The lowest BCUT2D eigenvalue weighted by Gasteiger charge is -2.14. The summed E-state index contributed by atoms with van der Waals surface area (Å²) >= 11 is 0. The monoisotopic (exact) mass is 255 g/mol. The first-order valence-corrected chi connectivity index (χ1v) is 5.89. The normalized spacial score (nSPS) is 12.2. The Morgan fingerprint density at radius 2 is 2.28 bits per heavy atom. The number of carboxylic acid groups (broad SMARTS) is 1. The Hall–Kier alpha value is -1.62. The molecule has 1 unspecified atom stereocenters. The summed E-state index contributed by atoms with van der Waals surface area (Å²) < 4.78 is 18.4. The molecule has 0 aliphatic rings. The van der Waals surface area contributed by atoms with Crippen LogP contribution < -0.4 is 10.1 Å². The molecule has 0 heterocycles. The van der Waals surface area contributed by atoms with Gasteiger partial charge in [0.1, 0.15) is 17.6 Å². The average Bonchev–Trinajstić information content (AvgIpc) is 2.32. The lowest BCUT2D eigenvalue weighted by molar-refractivity contribution is -0.139. The Balaban J connectivity index is 2.49. The van der Waals surface area contributed by atoms with Gasteiger partial charge in [-0.2, -0.15) is 0 Å². The van der Waals surface area contributed by atoms with Crippen molar-refractivity contribution in [3.63, 3.8) is 0 Å². The summed E-state index contributed by atoms with van der Waals surface area (Å²) in [7, 11) is 0. The van der Waals surface area contributed by atoms with Crippen LogP contribution in [0, 0.1) is 12.7 Å². The predicted octanol–water partition coefficient (Wildman–Crippen LogP) is 1.97. The number of hydrogen-bond donors (Lipinski definition) is 2. The Morgan fingerprint density at radius 3 is 2.89 bits per heavy atom. The summed E-state index contributed by atoms with van der Waals surface area (Å²) in [5.74, 6) is -0.816. The number of nitrogens with one attached hydrogen (secondary N) is 1. The van der Waals surface area contributed by atoms with Crippen LogP contribution in [0.2, 0.25) is 0 Å². The molecule has 1 aromatic carbocycles. The lowest BCUT2D eigenvalue weighted by atomic mass is 10.2. The first-order valence-electron chi connectivity index (χ1n) is 5.89. The molecular weight excluding hydrogens is 237 g/mol. The Bertz CT molecular complexity index is 409.